The summed E-state index contributed by atoms with van der Waals surface area (Å²) >= 11 is 0. The molecule has 1 aromatic carbocycles. The number of nitrogens with zero attached hydrogens (tertiary/aromatic N) is 3. The third-order valence-electron chi connectivity index (χ3n) is 5.64. The number of rotatable bonds is 2. The van der Waals surface area contributed by atoms with E-state index in [2.05, 4.69) is 26.8 Å². The van der Waals surface area contributed by atoms with E-state index in [0.29, 0.717) is 17.1 Å². The Balaban J connectivity index is 1.49. The van der Waals surface area contributed by atoms with Gasteiger partial charge in [0.1, 0.15) is 5.82 Å². The molecule has 1 aromatic heterocycles. The molecule has 2 saturated heterocycles. The van der Waals surface area contributed by atoms with Crippen LogP contribution < -0.4 is 0 Å². The number of benzene rings is 1. The number of aromatic nitrogens is 2. The molecule has 2 aliphatic rings. The van der Waals surface area contributed by atoms with Crippen LogP contribution in [-0.2, 0) is 6.18 Å². The van der Waals surface area contributed by atoms with Crippen LogP contribution in [-0.4, -0.2) is 59.0 Å². The Bertz CT molecular complexity index is 746. The number of aromatic amines is 1. The van der Waals surface area contributed by atoms with Crippen LogP contribution in [0.25, 0.3) is 11.0 Å². The maximum absolute atomic E-state index is 12.9. The van der Waals surface area contributed by atoms with Crippen LogP contribution in [0.5, 0.6) is 0 Å². The number of alkyl halides is 3. The first-order valence-electron chi connectivity index (χ1n) is 8.89. The highest BCUT2D eigenvalue weighted by atomic mass is 19.4. The van der Waals surface area contributed by atoms with E-state index in [1.165, 1.54) is 18.9 Å². The Morgan fingerprint density at radius 1 is 1.12 bits per heavy atom. The van der Waals surface area contributed by atoms with E-state index in [-0.39, 0.29) is 5.92 Å². The van der Waals surface area contributed by atoms with Crippen molar-refractivity contribution in [2.75, 3.05) is 33.2 Å². The molecule has 1 atom stereocenters. The Labute approximate surface area is 145 Å². The third kappa shape index (κ3) is 3.40. The smallest absolute Gasteiger partial charge is 0.342 e. The SMILES string of the molecule is CN1CCC(N2CC[C@H](c3nc4ccc(C(F)(F)F)cc4[nH]3)C2)CC1. The summed E-state index contributed by atoms with van der Waals surface area (Å²) in [5.74, 6) is 1.10. The number of H-pyrrole nitrogens is 1. The number of hydrogen-bond acceptors (Lipinski definition) is 3. The van der Waals surface area contributed by atoms with Crippen LogP contribution in [0, 0.1) is 0 Å². The van der Waals surface area contributed by atoms with E-state index >= 15 is 0 Å². The van der Waals surface area contributed by atoms with Crippen molar-refractivity contribution in [1.29, 1.82) is 0 Å². The fraction of sp³-hybridized carbons (Fsp3) is 0.611. The molecule has 0 spiro atoms. The van der Waals surface area contributed by atoms with Gasteiger partial charge in [0.2, 0.25) is 0 Å². The molecule has 3 heterocycles. The molecular weight excluding hydrogens is 329 g/mol. The van der Waals surface area contributed by atoms with Crippen LogP contribution in [0.3, 0.4) is 0 Å². The zero-order valence-electron chi connectivity index (χ0n) is 14.3. The zero-order chi connectivity index (χ0) is 17.6. The fourth-order valence-corrected chi connectivity index (χ4v) is 4.10. The predicted molar refractivity (Wildman–Crippen MR) is 90.5 cm³/mol. The van der Waals surface area contributed by atoms with Crippen molar-refractivity contribution >= 4 is 11.0 Å². The number of likely N-dealkylation sites (tertiary alicyclic amines) is 2. The average molecular weight is 352 g/mol. The highest BCUT2D eigenvalue weighted by Crippen LogP contribution is 2.33. The highest BCUT2D eigenvalue weighted by molar-refractivity contribution is 5.76. The second-order valence-corrected chi connectivity index (χ2v) is 7.37. The summed E-state index contributed by atoms with van der Waals surface area (Å²) in [5.41, 5.74) is 0.456. The number of hydrogen-bond donors (Lipinski definition) is 1. The lowest BCUT2D eigenvalue weighted by atomic mass is 10.0. The van der Waals surface area contributed by atoms with Crippen LogP contribution in [0.1, 0.15) is 36.6 Å². The topological polar surface area (TPSA) is 35.2 Å². The lowest BCUT2D eigenvalue weighted by molar-refractivity contribution is -0.137. The van der Waals surface area contributed by atoms with Gasteiger partial charge < -0.3 is 9.88 Å². The minimum atomic E-state index is -4.32. The predicted octanol–water partition coefficient (Wildman–Crippen LogP) is 3.47. The second kappa shape index (κ2) is 6.29. The molecule has 2 aliphatic heterocycles. The lowest BCUT2D eigenvalue weighted by Gasteiger charge is -2.35. The molecule has 7 heteroatoms. The number of fused-ring (bicyclic) bond motifs is 1. The number of imidazole rings is 1. The van der Waals surface area contributed by atoms with Gasteiger partial charge >= 0.3 is 6.18 Å². The van der Waals surface area contributed by atoms with Gasteiger partial charge in [-0.25, -0.2) is 4.98 Å². The molecule has 0 radical (unpaired) electrons. The van der Waals surface area contributed by atoms with Gasteiger partial charge in [-0.2, -0.15) is 13.2 Å². The van der Waals surface area contributed by atoms with Crippen molar-refractivity contribution in [3.63, 3.8) is 0 Å². The molecule has 1 N–H and O–H groups in total. The first-order valence-corrected chi connectivity index (χ1v) is 8.89. The molecule has 0 amide bonds. The molecular formula is C18H23F3N4. The molecule has 25 heavy (non-hydrogen) atoms. The van der Waals surface area contributed by atoms with Gasteiger partial charge in [0.15, 0.2) is 0 Å². The van der Waals surface area contributed by atoms with Gasteiger partial charge in [0.25, 0.3) is 0 Å². The van der Waals surface area contributed by atoms with Crippen molar-refractivity contribution in [2.45, 2.75) is 37.4 Å². The van der Waals surface area contributed by atoms with E-state index in [9.17, 15) is 13.2 Å². The van der Waals surface area contributed by atoms with Crippen LogP contribution in [0.2, 0.25) is 0 Å². The summed E-state index contributed by atoms with van der Waals surface area (Å²) in [7, 11) is 2.16. The molecule has 2 fully saturated rings. The van der Waals surface area contributed by atoms with Crippen LogP contribution in [0.4, 0.5) is 13.2 Å². The maximum atomic E-state index is 12.9. The first-order chi connectivity index (χ1) is 11.9. The minimum absolute atomic E-state index is 0.279. The summed E-state index contributed by atoms with van der Waals surface area (Å²) in [4.78, 5) is 12.6. The maximum Gasteiger partial charge on any atom is 0.416 e. The standard InChI is InChI=1S/C18H23F3N4/c1-24-7-5-14(6-8-24)25-9-4-12(11-25)17-22-15-3-2-13(18(19,20)21)10-16(15)23-17/h2-3,10,12,14H,4-9,11H2,1H3,(H,22,23)/t12-/m0/s1. The Morgan fingerprint density at radius 2 is 1.88 bits per heavy atom. The van der Waals surface area contributed by atoms with E-state index < -0.39 is 11.7 Å². The minimum Gasteiger partial charge on any atom is -0.342 e. The van der Waals surface area contributed by atoms with Gasteiger partial charge in [-0.3, -0.25) is 4.90 Å². The van der Waals surface area contributed by atoms with E-state index in [1.54, 1.807) is 0 Å². The van der Waals surface area contributed by atoms with Gasteiger partial charge in [0, 0.05) is 18.5 Å². The molecule has 4 rings (SSSR count). The van der Waals surface area contributed by atoms with Crippen molar-refractivity contribution in [1.82, 2.24) is 19.8 Å². The molecule has 2 aromatic rings. The van der Waals surface area contributed by atoms with Crippen molar-refractivity contribution < 1.29 is 13.2 Å². The normalized spacial score (nSPS) is 24.4. The summed E-state index contributed by atoms with van der Waals surface area (Å²) in [6.45, 7) is 4.26. The summed E-state index contributed by atoms with van der Waals surface area (Å²) in [6, 6.07) is 4.35. The molecule has 0 unspecified atom stereocenters. The van der Waals surface area contributed by atoms with Gasteiger partial charge in [0.05, 0.1) is 16.6 Å². The summed E-state index contributed by atoms with van der Waals surface area (Å²) in [5, 5.41) is 0. The second-order valence-electron chi connectivity index (χ2n) is 7.37. The summed E-state index contributed by atoms with van der Waals surface area (Å²) < 4.78 is 38.6. The number of piperidine rings is 1. The number of halogens is 3. The summed E-state index contributed by atoms with van der Waals surface area (Å²) in [6.07, 6.45) is -0.924. The lowest BCUT2D eigenvalue weighted by Crippen LogP contribution is -2.42. The van der Waals surface area contributed by atoms with E-state index in [1.807, 2.05) is 0 Å². The van der Waals surface area contributed by atoms with Gasteiger partial charge in [-0.1, -0.05) is 0 Å². The molecule has 4 nitrogen and oxygen atoms in total. The highest BCUT2D eigenvalue weighted by Gasteiger charge is 2.33. The molecule has 136 valence electrons. The quantitative estimate of drug-likeness (QED) is 0.899. The Kier molecular flexibility index (Phi) is 4.24. The van der Waals surface area contributed by atoms with Crippen molar-refractivity contribution in [3.8, 4) is 0 Å². The fourth-order valence-electron chi connectivity index (χ4n) is 4.10. The zero-order valence-corrected chi connectivity index (χ0v) is 14.3. The van der Waals surface area contributed by atoms with Crippen LogP contribution >= 0.6 is 0 Å². The van der Waals surface area contributed by atoms with Gasteiger partial charge in [-0.15, -0.1) is 0 Å². The Morgan fingerprint density at radius 3 is 2.60 bits per heavy atom. The van der Waals surface area contributed by atoms with E-state index in [4.69, 9.17) is 0 Å². The molecule has 0 aliphatic carbocycles. The van der Waals surface area contributed by atoms with Crippen LogP contribution in [0.15, 0.2) is 18.2 Å². The van der Waals surface area contributed by atoms with Crippen molar-refractivity contribution in [3.05, 3.63) is 29.6 Å². The van der Waals surface area contributed by atoms with E-state index in [0.717, 1.165) is 50.6 Å². The molecule has 0 saturated carbocycles. The monoisotopic (exact) mass is 352 g/mol. The van der Waals surface area contributed by atoms with Crippen molar-refractivity contribution in [2.24, 2.45) is 0 Å². The average Bonchev–Trinajstić information content (AvgIpc) is 3.20. The first kappa shape index (κ1) is 16.8. The molecule has 0 bridgehead atoms. The number of nitrogens with one attached hydrogen (secondary N) is 1. The largest absolute Gasteiger partial charge is 0.416 e. The third-order valence-corrected chi connectivity index (χ3v) is 5.64. The van der Waals surface area contributed by atoms with Gasteiger partial charge in [-0.05, 0) is 64.1 Å². The Hall–Kier alpha value is -1.60.